The van der Waals surface area contributed by atoms with E-state index < -0.39 is 21.6 Å². The monoisotopic (exact) mass is 626 g/mol. The highest BCUT2D eigenvalue weighted by atomic mass is 35.5. The summed E-state index contributed by atoms with van der Waals surface area (Å²) in [7, 11) is -2.67. The van der Waals surface area contributed by atoms with Gasteiger partial charge in [0.05, 0.1) is 15.5 Å². The third kappa shape index (κ3) is 14.1. The van der Waals surface area contributed by atoms with Crippen LogP contribution in [0.4, 0.5) is 13.2 Å². The number of sulfone groups is 1. The van der Waals surface area contributed by atoms with Gasteiger partial charge in [-0.05, 0) is 81.2 Å². The molecule has 226 valence electrons. The second-order valence-electron chi connectivity index (χ2n) is 9.93. The lowest BCUT2D eigenvalue weighted by Gasteiger charge is -2.32. The van der Waals surface area contributed by atoms with Gasteiger partial charge in [0.15, 0.2) is 0 Å². The summed E-state index contributed by atoms with van der Waals surface area (Å²) in [4.78, 5) is 15.9. The number of hydrogen-bond donors (Lipinski definition) is 1. The highest BCUT2D eigenvalue weighted by molar-refractivity contribution is 7.89. The standard InChI is InChI=1S/C26H33Cl2F3N2O2.C2H6O2S/c1-4-6-14-33(13-5-2)15-12-25(3,20-10-11-22(27)23(28)17-20)24(34)32-18-19-8-7-9-21(16-19)35-26(29,30)31;1-5(2,3)4/h7-11,16-17H,4-6,12-15,18H2,1-3H3,(H,32,34);1-2H3. The number of unbranched alkanes of at least 4 members (excludes halogenated alkanes) is 1. The van der Waals surface area contributed by atoms with Gasteiger partial charge in [-0.15, -0.1) is 13.2 Å². The molecule has 6 nitrogen and oxygen atoms in total. The van der Waals surface area contributed by atoms with Crippen LogP contribution in [-0.2, 0) is 26.6 Å². The van der Waals surface area contributed by atoms with Gasteiger partial charge in [-0.25, -0.2) is 8.42 Å². The van der Waals surface area contributed by atoms with Crippen molar-refractivity contribution in [3.05, 3.63) is 63.6 Å². The summed E-state index contributed by atoms with van der Waals surface area (Å²) in [6.45, 7) is 8.79. The summed E-state index contributed by atoms with van der Waals surface area (Å²) in [5.74, 6) is -0.576. The fraction of sp³-hybridized carbons (Fsp3) is 0.536. The first-order valence-electron chi connectivity index (χ1n) is 12.9. The molecule has 40 heavy (non-hydrogen) atoms. The first-order valence-corrected chi connectivity index (χ1v) is 16.0. The minimum Gasteiger partial charge on any atom is -0.406 e. The van der Waals surface area contributed by atoms with Crippen molar-refractivity contribution in [2.75, 3.05) is 32.1 Å². The van der Waals surface area contributed by atoms with E-state index in [2.05, 4.69) is 28.8 Å². The Hall–Kier alpha value is -2.01. The van der Waals surface area contributed by atoms with Gasteiger partial charge >= 0.3 is 6.36 Å². The summed E-state index contributed by atoms with van der Waals surface area (Å²) in [5, 5.41) is 3.65. The van der Waals surface area contributed by atoms with Crippen molar-refractivity contribution >= 4 is 38.9 Å². The lowest BCUT2D eigenvalue weighted by molar-refractivity contribution is -0.274. The van der Waals surface area contributed by atoms with Crippen LogP contribution in [0, 0.1) is 0 Å². The number of nitrogens with zero attached hydrogens (tertiary/aromatic N) is 1. The van der Waals surface area contributed by atoms with E-state index in [0.29, 0.717) is 28.6 Å². The normalized spacial score (nSPS) is 13.3. The zero-order valence-corrected chi connectivity index (χ0v) is 25.9. The molecule has 0 bridgehead atoms. The Morgan fingerprint density at radius 2 is 1.62 bits per heavy atom. The molecule has 1 amide bonds. The number of nitrogens with one attached hydrogen (secondary N) is 1. The number of halogens is 5. The van der Waals surface area contributed by atoms with E-state index in [4.69, 9.17) is 23.2 Å². The largest absolute Gasteiger partial charge is 0.573 e. The van der Waals surface area contributed by atoms with Crippen molar-refractivity contribution in [2.45, 2.75) is 64.8 Å². The number of amides is 1. The maximum atomic E-state index is 13.5. The fourth-order valence-electron chi connectivity index (χ4n) is 3.87. The number of ether oxygens (including phenoxy) is 1. The molecule has 0 saturated heterocycles. The predicted octanol–water partition coefficient (Wildman–Crippen LogP) is 7.03. The Balaban J connectivity index is 0.00000146. The molecule has 0 saturated carbocycles. The number of alkyl halides is 3. The van der Waals surface area contributed by atoms with Crippen molar-refractivity contribution in [3.63, 3.8) is 0 Å². The Labute approximate surface area is 246 Å². The smallest absolute Gasteiger partial charge is 0.406 e. The van der Waals surface area contributed by atoms with Crippen LogP contribution >= 0.6 is 23.2 Å². The van der Waals surface area contributed by atoms with Crippen LogP contribution in [0.5, 0.6) is 5.75 Å². The minimum absolute atomic E-state index is 0.0549. The van der Waals surface area contributed by atoms with E-state index in [1.54, 1.807) is 24.3 Å². The van der Waals surface area contributed by atoms with Gasteiger partial charge < -0.3 is 15.0 Å². The minimum atomic E-state index is -4.78. The highest BCUT2D eigenvalue weighted by Gasteiger charge is 2.36. The SMILES string of the molecule is CCCCN(CCC)CCC(C)(C(=O)NCc1cccc(OC(F)(F)F)c1)c1ccc(Cl)c(Cl)c1.CS(C)(=O)=O. The molecule has 1 unspecified atom stereocenters. The Bertz CT molecular complexity index is 1190. The van der Waals surface area contributed by atoms with Crippen molar-refractivity contribution < 1.29 is 31.1 Å². The molecule has 0 aliphatic carbocycles. The van der Waals surface area contributed by atoms with Gasteiger partial charge in [-0.1, -0.05) is 61.7 Å². The third-order valence-corrected chi connectivity index (χ3v) is 6.68. The number of carbonyl (C=O) groups is 1. The van der Waals surface area contributed by atoms with Crippen molar-refractivity contribution in [2.24, 2.45) is 0 Å². The topological polar surface area (TPSA) is 75.7 Å². The van der Waals surface area contributed by atoms with Gasteiger partial charge in [0.25, 0.3) is 0 Å². The van der Waals surface area contributed by atoms with Gasteiger partial charge in [0, 0.05) is 19.1 Å². The number of benzene rings is 2. The first-order chi connectivity index (χ1) is 18.5. The summed E-state index contributed by atoms with van der Waals surface area (Å²) in [6, 6.07) is 10.7. The highest BCUT2D eigenvalue weighted by Crippen LogP contribution is 2.33. The first kappa shape index (κ1) is 36.0. The van der Waals surface area contributed by atoms with Crippen LogP contribution in [-0.4, -0.2) is 57.7 Å². The van der Waals surface area contributed by atoms with E-state index in [1.165, 1.54) is 18.2 Å². The van der Waals surface area contributed by atoms with E-state index in [-0.39, 0.29) is 18.2 Å². The van der Waals surface area contributed by atoms with Crippen molar-refractivity contribution in [3.8, 4) is 5.75 Å². The lowest BCUT2D eigenvalue weighted by Crippen LogP contribution is -2.44. The van der Waals surface area contributed by atoms with Crippen LogP contribution in [0.25, 0.3) is 0 Å². The molecule has 0 fully saturated rings. The van der Waals surface area contributed by atoms with Gasteiger partial charge in [0.2, 0.25) is 5.91 Å². The maximum Gasteiger partial charge on any atom is 0.573 e. The van der Waals surface area contributed by atoms with Gasteiger partial charge in [-0.2, -0.15) is 0 Å². The number of rotatable bonds is 13. The maximum absolute atomic E-state index is 13.5. The number of carbonyl (C=O) groups excluding carboxylic acids is 1. The second-order valence-corrected chi connectivity index (χ2v) is 13.0. The summed E-state index contributed by atoms with van der Waals surface area (Å²) >= 11 is 12.4. The van der Waals surface area contributed by atoms with Gasteiger partial charge in [-0.3, -0.25) is 4.79 Å². The average Bonchev–Trinajstić information content (AvgIpc) is 2.83. The fourth-order valence-corrected chi connectivity index (χ4v) is 4.17. The van der Waals surface area contributed by atoms with Crippen LogP contribution < -0.4 is 10.1 Å². The molecule has 0 heterocycles. The second kappa shape index (κ2) is 16.4. The molecule has 0 aromatic heterocycles. The zero-order valence-electron chi connectivity index (χ0n) is 23.6. The molecule has 0 spiro atoms. The van der Waals surface area contributed by atoms with Crippen LogP contribution in [0.3, 0.4) is 0 Å². The van der Waals surface area contributed by atoms with Crippen LogP contribution in [0.1, 0.15) is 57.6 Å². The number of hydrogen-bond acceptors (Lipinski definition) is 5. The van der Waals surface area contributed by atoms with Gasteiger partial charge in [0.1, 0.15) is 15.6 Å². The summed E-state index contributed by atoms with van der Waals surface area (Å²) in [6.07, 6.45) is 1.25. The van der Waals surface area contributed by atoms with Crippen molar-refractivity contribution in [1.29, 1.82) is 0 Å². The molecule has 2 aromatic rings. The molecule has 2 rings (SSSR count). The van der Waals surface area contributed by atoms with E-state index in [0.717, 1.165) is 50.4 Å². The quantitative estimate of drug-likeness (QED) is 0.258. The molecular formula is C28H39Cl2F3N2O4S. The Kier molecular flexibility index (Phi) is 14.8. The van der Waals surface area contributed by atoms with E-state index in [1.807, 2.05) is 6.92 Å². The van der Waals surface area contributed by atoms with Crippen molar-refractivity contribution in [1.82, 2.24) is 10.2 Å². The zero-order chi connectivity index (χ0) is 30.6. The molecule has 12 heteroatoms. The molecule has 2 aromatic carbocycles. The average molecular weight is 628 g/mol. The van der Waals surface area contributed by atoms with Crippen LogP contribution in [0.15, 0.2) is 42.5 Å². The lowest BCUT2D eigenvalue weighted by atomic mass is 9.78. The molecule has 1 N–H and O–H groups in total. The van der Waals surface area contributed by atoms with E-state index in [9.17, 15) is 26.4 Å². The summed E-state index contributed by atoms with van der Waals surface area (Å²) < 4.78 is 60.9. The Morgan fingerprint density at radius 1 is 0.975 bits per heavy atom. The summed E-state index contributed by atoms with van der Waals surface area (Å²) in [5.41, 5.74) is 0.296. The third-order valence-electron chi connectivity index (χ3n) is 5.94. The molecule has 0 radical (unpaired) electrons. The predicted molar refractivity (Wildman–Crippen MR) is 156 cm³/mol. The molecular weight excluding hydrogens is 588 g/mol. The Morgan fingerprint density at radius 3 is 2.17 bits per heavy atom. The van der Waals surface area contributed by atoms with E-state index >= 15 is 0 Å². The van der Waals surface area contributed by atoms with Crippen LogP contribution in [0.2, 0.25) is 10.0 Å². The molecule has 0 aliphatic rings. The molecule has 1 atom stereocenters. The molecule has 0 aliphatic heterocycles.